The Hall–Kier alpha value is -4.02. The molecule has 0 aliphatic carbocycles. The highest BCUT2D eigenvalue weighted by Crippen LogP contribution is 2.27. The molecule has 0 amide bonds. The third-order valence-electron chi connectivity index (χ3n) is 4.58. The van der Waals surface area contributed by atoms with Gasteiger partial charge in [0.15, 0.2) is 11.6 Å². The smallest absolute Gasteiger partial charge is 0.263 e. The lowest BCUT2D eigenvalue weighted by Gasteiger charge is -2.14. The number of sulfonamides is 1. The van der Waals surface area contributed by atoms with Crippen LogP contribution >= 0.6 is 0 Å². The molecule has 0 bridgehead atoms. The van der Waals surface area contributed by atoms with Gasteiger partial charge in [-0.3, -0.25) is 4.72 Å². The Morgan fingerprint density at radius 3 is 2.28 bits per heavy atom. The number of anilines is 3. The highest BCUT2D eigenvalue weighted by Gasteiger charge is 2.19. The molecule has 4 rings (SSSR count). The zero-order valence-corrected chi connectivity index (χ0v) is 18.0. The van der Waals surface area contributed by atoms with Crippen molar-refractivity contribution in [2.24, 2.45) is 5.84 Å². The molecular weight excluding hydrogens is 426 g/mol. The molecule has 0 saturated heterocycles. The number of hydrogen-bond donors (Lipinski definition) is 5. The van der Waals surface area contributed by atoms with Gasteiger partial charge in [-0.1, -0.05) is 35.9 Å². The van der Waals surface area contributed by atoms with Crippen LogP contribution in [-0.2, 0) is 10.0 Å². The van der Waals surface area contributed by atoms with Gasteiger partial charge in [0.1, 0.15) is 5.69 Å². The molecule has 162 valence electrons. The van der Waals surface area contributed by atoms with Gasteiger partial charge < -0.3 is 5.32 Å². The quantitative estimate of drug-likeness (QED) is 0.126. The number of benzene rings is 3. The van der Waals surface area contributed by atoms with Crippen molar-refractivity contribution in [1.29, 1.82) is 0 Å². The molecule has 0 radical (unpaired) electrons. The lowest BCUT2D eigenvalue weighted by atomic mass is 10.2. The van der Waals surface area contributed by atoms with Gasteiger partial charge in [0.05, 0.1) is 15.9 Å². The van der Waals surface area contributed by atoms with Crippen molar-refractivity contribution in [2.75, 3.05) is 10.0 Å². The fourth-order valence-electron chi connectivity index (χ4n) is 3.00. The van der Waals surface area contributed by atoms with Gasteiger partial charge in [0.25, 0.3) is 16.4 Å². The first-order valence-electron chi connectivity index (χ1n) is 9.72. The predicted octanol–water partition coefficient (Wildman–Crippen LogP) is 1.69. The number of hydrogen-bond acceptors (Lipinski definition) is 6. The Labute approximate surface area is 185 Å². The van der Waals surface area contributed by atoms with Crippen LogP contribution in [0.3, 0.4) is 0 Å². The molecule has 0 atom stereocenters. The van der Waals surface area contributed by atoms with Crippen molar-refractivity contribution < 1.29 is 13.4 Å². The molecule has 3 aromatic carbocycles. The maximum absolute atomic E-state index is 13.1. The maximum Gasteiger partial charge on any atom is 0.263 e. The van der Waals surface area contributed by atoms with Crippen LogP contribution in [-0.4, -0.2) is 24.7 Å². The van der Waals surface area contributed by atoms with Crippen molar-refractivity contribution in [3.8, 4) is 0 Å². The topological polar surface area (TPSA) is 136 Å². The minimum Gasteiger partial charge on any atom is -0.337 e. The molecule has 0 saturated carbocycles. The zero-order chi connectivity index (χ0) is 22.6. The van der Waals surface area contributed by atoms with Gasteiger partial charge in [0, 0.05) is 11.8 Å². The zero-order valence-electron chi connectivity index (χ0n) is 17.2. The fourth-order valence-corrected chi connectivity index (χ4v) is 4.05. The summed E-state index contributed by atoms with van der Waals surface area (Å²) in [6, 6.07) is 21.3. The Morgan fingerprint density at radius 1 is 0.906 bits per heavy atom. The maximum atomic E-state index is 13.1. The highest BCUT2D eigenvalue weighted by atomic mass is 32.2. The van der Waals surface area contributed by atoms with Gasteiger partial charge in [-0.15, -0.1) is 0 Å². The van der Waals surface area contributed by atoms with Gasteiger partial charge in [-0.2, -0.15) is 5.84 Å². The van der Waals surface area contributed by atoms with E-state index in [1.807, 2.05) is 49.4 Å². The van der Waals surface area contributed by atoms with E-state index in [1.54, 1.807) is 18.2 Å². The lowest BCUT2D eigenvalue weighted by molar-refractivity contribution is -0.350. The third kappa shape index (κ3) is 4.82. The summed E-state index contributed by atoms with van der Waals surface area (Å²) in [4.78, 5) is 12.0. The number of rotatable bonds is 7. The fraction of sp³-hybridized carbons (Fsp3) is 0.0455. The molecule has 1 aromatic heterocycles. The molecule has 0 aliphatic rings. The standard InChI is InChI=1S/C22H21N7O2S/c1-15-9-11-16(12-10-15)26-21-22(28-20-8-3-2-7-19(20)27-21)29-32(30,31)18-6-4-5-17(13-18)24-14-25-23/h2-14H,23H2,1H3,(H,24,25)(H,26,27)(H,28,29)/p+1. The minimum atomic E-state index is -3.95. The molecule has 0 fully saturated rings. The summed E-state index contributed by atoms with van der Waals surface area (Å²) in [5.41, 5.74) is 5.96. The second-order valence-corrected chi connectivity index (χ2v) is 8.67. The molecule has 10 heteroatoms. The molecule has 1 heterocycles. The van der Waals surface area contributed by atoms with Crippen LogP contribution in [0.4, 0.5) is 23.0 Å². The molecule has 0 unspecified atom stereocenters. The van der Waals surface area contributed by atoms with Crippen LogP contribution in [0.5, 0.6) is 0 Å². The summed E-state index contributed by atoms with van der Waals surface area (Å²) in [5, 5.41) is 3.17. The second kappa shape index (κ2) is 9.00. The predicted molar refractivity (Wildman–Crippen MR) is 125 cm³/mol. The van der Waals surface area contributed by atoms with Crippen molar-refractivity contribution in [3.05, 3.63) is 78.4 Å². The Bertz CT molecular complexity index is 1390. The molecule has 4 aromatic rings. The number of nitrogens with one attached hydrogen (secondary N) is 4. The van der Waals surface area contributed by atoms with E-state index in [1.165, 1.54) is 18.5 Å². The number of aromatic nitrogens is 2. The van der Waals surface area contributed by atoms with E-state index in [0.717, 1.165) is 11.3 Å². The number of nitrogens with two attached hydrogens (primary N) is 1. The van der Waals surface area contributed by atoms with E-state index in [4.69, 9.17) is 5.84 Å². The van der Waals surface area contributed by atoms with Crippen molar-refractivity contribution in [2.45, 2.75) is 11.8 Å². The van der Waals surface area contributed by atoms with Crippen LogP contribution in [0, 0.1) is 6.92 Å². The van der Waals surface area contributed by atoms with Crippen LogP contribution < -0.4 is 26.3 Å². The van der Waals surface area contributed by atoms with Crippen molar-refractivity contribution in [3.63, 3.8) is 0 Å². The minimum absolute atomic E-state index is 0.0594. The largest absolute Gasteiger partial charge is 0.337 e. The van der Waals surface area contributed by atoms with Gasteiger partial charge in [0.2, 0.25) is 0 Å². The number of fused-ring (bicyclic) bond motifs is 1. The summed E-state index contributed by atoms with van der Waals surface area (Å²) in [5.74, 6) is 5.61. The Morgan fingerprint density at radius 2 is 1.59 bits per heavy atom. The van der Waals surface area contributed by atoms with Crippen molar-refractivity contribution >= 4 is 50.4 Å². The lowest BCUT2D eigenvalue weighted by Crippen LogP contribution is -2.65. The van der Waals surface area contributed by atoms with E-state index in [2.05, 4.69) is 30.4 Å². The van der Waals surface area contributed by atoms with Crippen LogP contribution in [0.2, 0.25) is 0 Å². The van der Waals surface area contributed by atoms with Crippen LogP contribution in [0.15, 0.2) is 77.7 Å². The average Bonchev–Trinajstić information content (AvgIpc) is 2.79. The highest BCUT2D eigenvalue weighted by molar-refractivity contribution is 7.92. The summed E-state index contributed by atoms with van der Waals surface area (Å²) in [6.07, 6.45) is 1.39. The first-order chi connectivity index (χ1) is 15.4. The normalized spacial score (nSPS) is 11.6. The summed E-state index contributed by atoms with van der Waals surface area (Å²) < 4.78 is 28.8. The first-order valence-corrected chi connectivity index (χ1v) is 11.2. The first kappa shape index (κ1) is 21.2. The van der Waals surface area contributed by atoms with Gasteiger partial charge in [-0.05, 0) is 43.3 Å². The number of aryl methyl sites for hydroxylation is 1. The number of para-hydroxylation sites is 2. The molecule has 0 aliphatic heterocycles. The Balaban J connectivity index is 1.74. The van der Waals surface area contributed by atoms with Crippen LogP contribution in [0.25, 0.3) is 11.0 Å². The SMILES string of the molecule is Cc1ccc(Nc2nc3ccccc3nc2NS(=O)(=O)c2cccc([NH+]=CNN)c2)cc1. The van der Waals surface area contributed by atoms with E-state index in [-0.39, 0.29) is 10.7 Å². The van der Waals surface area contributed by atoms with E-state index in [0.29, 0.717) is 22.5 Å². The molecule has 0 spiro atoms. The van der Waals surface area contributed by atoms with E-state index in [9.17, 15) is 8.42 Å². The average molecular weight is 449 g/mol. The van der Waals surface area contributed by atoms with Crippen molar-refractivity contribution in [1.82, 2.24) is 15.4 Å². The molecule has 32 heavy (non-hydrogen) atoms. The van der Waals surface area contributed by atoms with Crippen LogP contribution in [0.1, 0.15) is 5.56 Å². The third-order valence-corrected chi connectivity index (χ3v) is 5.92. The summed E-state index contributed by atoms with van der Waals surface area (Å²) >= 11 is 0. The van der Waals surface area contributed by atoms with Gasteiger partial charge >= 0.3 is 0 Å². The molecule has 6 N–H and O–H groups in total. The number of nitrogens with zero attached hydrogens (tertiary/aromatic N) is 2. The van der Waals surface area contributed by atoms with Gasteiger partial charge in [-0.25, -0.2) is 28.8 Å². The molecule has 9 nitrogen and oxygen atoms in total. The monoisotopic (exact) mass is 448 g/mol. The summed E-state index contributed by atoms with van der Waals surface area (Å²) in [6.45, 7) is 1.99. The second-order valence-electron chi connectivity index (χ2n) is 6.99. The van der Waals surface area contributed by atoms with E-state index >= 15 is 0 Å². The summed E-state index contributed by atoms with van der Waals surface area (Å²) in [7, 11) is -3.95. The molecular formula is C22H22N7O2S+. The Kier molecular flexibility index (Phi) is 5.97. The van der Waals surface area contributed by atoms with E-state index < -0.39 is 10.0 Å². The number of hydrazine groups is 1.